The fourth-order valence-corrected chi connectivity index (χ4v) is 4.34. The van der Waals surface area contributed by atoms with Crippen molar-refractivity contribution in [3.8, 4) is 11.1 Å². The summed E-state index contributed by atoms with van der Waals surface area (Å²) in [5.41, 5.74) is 2.11. The summed E-state index contributed by atoms with van der Waals surface area (Å²) in [6.07, 6.45) is 1.36. The van der Waals surface area contributed by atoms with E-state index in [1.54, 1.807) is 48.7 Å². The highest BCUT2D eigenvalue weighted by Crippen LogP contribution is 2.33. The zero-order valence-electron chi connectivity index (χ0n) is 19.9. The van der Waals surface area contributed by atoms with Gasteiger partial charge in [0.1, 0.15) is 28.1 Å². The minimum Gasteiger partial charge on any atom is -0.467 e. The van der Waals surface area contributed by atoms with Crippen LogP contribution >= 0.6 is 0 Å². The van der Waals surface area contributed by atoms with E-state index in [1.807, 2.05) is 6.07 Å². The zero-order chi connectivity index (χ0) is 26.3. The number of rotatable bonds is 10. The molecule has 0 aliphatic heterocycles. The van der Waals surface area contributed by atoms with E-state index in [1.165, 1.54) is 18.3 Å². The number of carbonyl (C=O) groups excluding carboxylic acids is 2. The number of nitrogens with zero attached hydrogens (tertiary/aromatic N) is 1. The molecule has 0 aliphatic rings. The molecule has 3 rings (SSSR count). The summed E-state index contributed by atoms with van der Waals surface area (Å²) in [5, 5.41) is 24.1. The van der Waals surface area contributed by atoms with Gasteiger partial charge in [0.25, 0.3) is 5.91 Å². The Morgan fingerprint density at radius 3 is 2.31 bits per heavy atom. The van der Waals surface area contributed by atoms with Crippen molar-refractivity contribution < 1.29 is 33.0 Å². The first-order valence-corrected chi connectivity index (χ1v) is 13.2. The number of pyridine rings is 1. The molecule has 0 bridgehead atoms. The van der Waals surface area contributed by atoms with Crippen molar-refractivity contribution in [2.75, 3.05) is 19.1 Å². The van der Waals surface area contributed by atoms with Crippen LogP contribution in [0.3, 0.4) is 0 Å². The van der Waals surface area contributed by atoms with Crippen molar-refractivity contribution in [2.45, 2.75) is 24.7 Å². The molecule has 1 aromatic heterocycles. The summed E-state index contributed by atoms with van der Waals surface area (Å²) >= 11 is 0. The lowest BCUT2D eigenvalue weighted by atomic mass is 9.92. The van der Waals surface area contributed by atoms with Gasteiger partial charge >= 0.3 is 5.97 Å². The molecule has 0 fully saturated rings. The molecule has 3 unspecified atom stereocenters. The Bertz CT molecular complexity index is 1300. The second-order valence-electron chi connectivity index (χ2n) is 8.31. The summed E-state index contributed by atoms with van der Waals surface area (Å²) in [7, 11) is -2.22. The van der Waals surface area contributed by atoms with E-state index < -0.39 is 40.0 Å². The zero-order valence-corrected chi connectivity index (χ0v) is 20.7. The van der Waals surface area contributed by atoms with Crippen LogP contribution in [-0.2, 0) is 19.4 Å². The van der Waals surface area contributed by atoms with Crippen molar-refractivity contribution in [1.29, 1.82) is 0 Å². The van der Waals surface area contributed by atoms with E-state index in [2.05, 4.69) is 10.3 Å². The van der Waals surface area contributed by atoms with Gasteiger partial charge in [0.15, 0.2) is 0 Å². The second kappa shape index (κ2) is 11.9. The number of amides is 1. The quantitative estimate of drug-likeness (QED) is 0.351. The predicted molar refractivity (Wildman–Crippen MR) is 134 cm³/mol. The average molecular weight is 513 g/mol. The van der Waals surface area contributed by atoms with Gasteiger partial charge in [0, 0.05) is 29.8 Å². The number of sulfone groups is 1. The maximum Gasteiger partial charge on any atom is 0.328 e. The van der Waals surface area contributed by atoms with E-state index in [-0.39, 0.29) is 17.7 Å². The molecule has 3 N–H and O–H groups in total. The molecule has 1 heterocycles. The van der Waals surface area contributed by atoms with Gasteiger partial charge < -0.3 is 20.3 Å². The van der Waals surface area contributed by atoms with Crippen LogP contribution in [0.4, 0.5) is 0 Å². The topological polar surface area (TPSA) is 143 Å². The number of benzene rings is 2. The third-order valence-corrected chi connectivity index (χ3v) is 6.59. The Morgan fingerprint density at radius 2 is 1.69 bits per heavy atom. The number of ether oxygens (including phenoxy) is 1. The van der Waals surface area contributed by atoms with Crippen LogP contribution < -0.4 is 5.32 Å². The number of nitrogens with one attached hydrogen (secondary N) is 1. The van der Waals surface area contributed by atoms with Crippen LogP contribution in [0.1, 0.15) is 40.1 Å². The fourth-order valence-electron chi connectivity index (χ4n) is 3.68. The van der Waals surface area contributed by atoms with E-state index in [9.17, 15) is 28.2 Å². The lowest BCUT2D eigenvalue weighted by Gasteiger charge is -2.21. The van der Waals surface area contributed by atoms with Gasteiger partial charge in [-0.3, -0.25) is 9.78 Å². The molecule has 0 aliphatic carbocycles. The van der Waals surface area contributed by atoms with Gasteiger partial charge in [-0.15, -0.1) is 0 Å². The molecular formula is C26H28N2O7S. The van der Waals surface area contributed by atoms with E-state index in [4.69, 9.17) is 4.74 Å². The van der Waals surface area contributed by atoms with E-state index >= 15 is 0 Å². The molecule has 0 spiro atoms. The Labute approximate surface area is 209 Å². The van der Waals surface area contributed by atoms with E-state index in [0.717, 1.165) is 13.4 Å². The van der Waals surface area contributed by atoms with Gasteiger partial charge in [-0.2, -0.15) is 0 Å². The molecule has 3 atom stereocenters. The fraction of sp³-hybridized carbons (Fsp3) is 0.269. The number of hydrogen-bond donors (Lipinski definition) is 3. The first-order chi connectivity index (χ1) is 17.1. The van der Waals surface area contributed by atoms with E-state index in [0.29, 0.717) is 22.3 Å². The standard InChI is InChI=1S/C26H28N2O7S/c1-35-26(32)22(12-14-36(2,33)34)28-25(31)20-11-10-18(15-21(20)17-7-4-3-5-8-17)23(29)24(30)19-9-6-13-27-16-19/h3-11,13,15-16,22-24,29-30H,12,14H2,1-2H3,(H,28,31). The van der Waals surface area contributed by atoms with Crippen LogP contribution in [0, 0.1) is 0 Å². The molecule has 3 aromatic rings. The molecule has 2 aromatic carbocycles. The number of methoxy groups -OCH3 is 1. The summed E-state index contributed by atoms with van der Waals surface area (Å²) < 4.78 is 27.9. The average Bonchev–Trinajstić information content (AvgIpc) is 2.89. The molecule has 1 amide bonds. The van der Waals surface area contributed by atoms with Gasteiger partial charge in [-0.25, -0.2) is 13.2 Å². The Hall–Kier alpha value is -3.60. The number of esters is 1. The van der Waals surface area contributed by atoms with Crippen LogP contribution in [0.2, 0.25) is 0 Å². The van der Waals surface area contributed by atoms with Crippen LogP contribution in [0.15, 0.2) is 73.1 Å². The minimum absolute atomic E-state index is 0.147. The van der Waals surface area contributed by atoms with Gasteiger partial charge in [-0.1, -0.05) is 42.5 Å². The van der Waals surface area contributed by atoms with Crippen molar-refractivity contribution in [3.05, 3.63) is 89.7 Å². The van der Waals surface area contributed by atoms with Crippen molar-refractivity contribution in [2.24, 2.45) is 0 Å². The first kappa shape index (κ1) is 27.0. The Morgan fingerprint density at radius 1 is 1.00 bits per heavy atom. The smallest absolute Gasteiger partial charge is 0.328 e. The number of aromatic nitrogens is 1. The van der Waals surface area contributed by atoms with Crippen molar-refractivity contribution in [1.82, 2.24) is 10.3 Å². The Balaban J connectivity index is 1.96. The monoisotopic (exact) mass is 512 g/mol. The van der Waals surface area contributed by atoms with Gasteiger partial charge in [0.05, 0.1) is 12.9 Å². The SMILES string of the molecule is COC(=O)C(CCS(C)(=O)=O)NC(=O)c1ccc(C(O)C(O)c2cccnc2)cc1-c1ccccc1. The molecule has 36 heavy (non-hydrogen) atoms. The minimum atomic E-state index is -3.37. The number of carbonyl (C=O) groups is 2. The predicted octanol–water partition coefficient (Wildman–Crippen LogP) is 2.22. The van der Waals surface area contributed by atoms with Crippen LogP contribution in [0.5, 0.6) is 0 Å². The molecule has 0 radical (unpaired) electrons. The normalized spacial score (nSPS) is 13.9. The molecule has 0 saturated carbocycles. The highest BCUT2D eigenvalue weighted by molar-refractivity contribution is 7.90. The highest BCUT2D eigenvalue weighted by Gasteiger charge is 2.26. The molecule has 10 heteroatoms. The maximum absolute atomic E-state index is 13.2. The van der Waals surface area contributed by atoms with Gasteiger partial charge in [-0.05, 0) is 41.3 Å². The van der Waals surface area contributed by atoms with Gasteiger partial charge in [0.2, 0.25) is 0 Å². The number of hydrogen-bond acceptors (Lipinski definition) is 8. The third-order valence-electron chi connectivity index (χ3n) is 5.61. The lowest BCUT2D eigenvalue weighted by molar-refractivity contribution is -0.142. The summed E-state index contributed by atoms with van der Waals surface area (Å²) in [4.78, 5) is 29.4. The summed E-state index contributed by atoms with van der Waals surface area (Å²) in [5.74, 6) is -1.69. The number of aliphatic hydroxyl groups excluding tert-OH is 2. The van der Waals surface area contributed by atoms with Crippen molar-refractivity contribution >= 4 is 21.7 Å². The number of aliphatic hydroxyl groups is 2. The summed E-state index contributed by atoms with van der Waals surface area (Å²) in [6.45, 7) is 0. The summed E-state index contributed by atoms with van der Waals surface area (Å²) in [6, 6.07) is 15.7. The molecule has 0 saturated heterocycles. The lowest BCUT2D eigenvalue weighted by Crippen LogP contribution is -2.42. The first-order valence-electron chi connectivity index (χ1n) is 11.1. The Kier molecular flexibility index (Phi) is 8.92. The third kappa shape index (κ3) is 6.97. The molecule has 190 valence electrons. The van der Waals surface area contributed by atoms with Crippen LogP contribution in [-0.4, -0.2) is 60.7 Å². The second-order valence-corrected chi connectivity index (χ2v) is 10.6. The van der Waals surface area contributed by atoms with Crippen molar-refractivity contribution in [3.63, 3.8) is 0 Å². The van der Waals surface area contributed by atoms with Crippen LogP contribution in [0.25, 0.3) is 11.1 Å². The highest BCUT2D eigenvalue weighted by atomic mass is 32.2. The molecular weight excluding hydrogens is 484 g/mol. The molecule has 9 nitrogen and oxygen atoms in total. The maximum atomic E-state index is 13.2. The largest absolute Gasteiger partial charge is 0.467 e.